The van der Waals surface area contributed by atoms with Gasteiger partial charge in [0, 0.05) is 23.5 Å². The normalized spacial score (nSPS) is 16.2. The molecule has 0 bridgehead atoms. The van der Waals surface area contributed by atoms with E-state index in [4.69, 9.17) is 0 Å². The maximum atomic E-state index is 4.61. The monoisotopic (exact) mass is 337 g/mol. The maximum absolute atomic E-state index is 4.61. The fourth-order valence-electron chi connectivity index (χ4n) is 2.56. The third-order valence-electron chi connectivity index (χ3n) is 3.67. The highest BCUT2D eigenvalue weighted by atomic mass is 32.2. The van der Waals surface area contributed by atoms with E-state index in [1.165, 1.54) is 32.0 Å². The lowest BCUT2D eigenvalue weighted by molar-refractivity contribution is 0.372. The number of rotatable bonds is 4. The number of aromatic nitrogens is 2. The van der Waals surface area contributed by atoms with Crippen molar-refractivity contribution in [3.8, 4) is 11.3 Å². The Hall–Kier alpha value is -0.690. The number of hydrogen-bond acceptors (Lipinski definition) is 6. The molecule has 0 amide bonds. The van der Waals surface area contributed by atoms with E-state index < -0.39 is 0 Å². The van der Waals surface area contributed by atoms with Crippen molar-refractivity contribution in [3.63, 3.8) is 0 Å². The highest BCUT2D eigenvalue weighted by Gasteiger charge is 2.21. The molecule has 0 saturated carbocycles. The van der Waals surface area contributed by atoms with Crippen LogP contribution in [0.5, 0.6) is 0 Å². The Morgan fingerprint density at radius 2 is 2.14 bits per heavy atom. The summed E-state index contributed by atoms with van der Waals surface area (Å²) in [6, 6.07) is 2.30. The zero-order chi connectivity index (χ0) is 14.8. The SMILES string of the molecule is CCc1cc(-c2nsnc2C2=CCCN(C)C2)c(SC)s1. The Morgan fingerprint density at radius 3 is 2.86 bits per heavy atom. The van der Waals surface area contributed by atoms with E-state index in [9.17, 15) is 0 Å². The van der Waals surface area contributed by atoms with E-state index in [0.717, 1.165) is 37.3 Å². The van der Waals surface area contributed by atoms with Crippen molar-refractivity contribution in [2.75, 3.05) is 26.4 Å². The molecule has 1 aliphatic rings. The first-order valence-corrected chi connectivity index (χ1v) is 9.87. The second-order valence-electron chi connectivity index (χ2n) is 5.19. The molecular formula is C15H19N3S3. The number of thiophene rings is 1. The molecule has 0 aromatic carbocycles. The van der Waals surface area contributed by atoms with Gasteiger partial charge in [0.05, 0.1) is 15.9 Å². The number of thioether (sulfide) groups is 1. The van der Waals surface area contributed by atoms with Crippen LogP contribution in [0, 0.1) is 0 Å². The average molecular weight is 338 g/mol. The molecule has 0 spiro atoms. The first kappa shape index (κ1) is 15.2. The van der Waals surface area contributed by atoms with Crippen LogP contribution in [0.2, 0.25) is 0 Å². The van der Waals surface area contributed by atoms with Gasteiger partial charge in [0.1, 0.15) is 11.4 Å². The number of likely N-dealkylation sites (N-methyl/N-ethyl adjacent to an activating group) is 1. The summed E-state index contributed by atoms with van der Waals surface area (Å²) in [6.07, 6.45) is 6.65. The third kappa shape index (κ3) is 3.08. The summed E-state index contributed by atoms with van der Waals surface area (Å²) in [5, 5.41) is 0. The lowest BCUT2D eigenvalue weighted by atomic mass is 10.0. The Labute approximate surface area is 138 Å². The predicted octanol–water partition coefficient (Wildman–Crippen LogP) is 4.27. The fourth-order valence-corrected chi connectivity index (χ4v) is 5.00. The molecule has 0 radical (unpaired) electrons. The number of hydrogen-bond donors (Lipinski definition) is 0. The van der Waals surface area contributed by atoms with Crippen LogP contribution >= 0.6 is 34.8 Å². The van der Waals surface area contributed by atoms with Crippen LogP contribution in [0.1, 0.15) is 23.9 Å². The molecule has 0 fully saturated rings. The van der Waals surface area contributed by atoms with Gasteiger partial charge in [0.25, 0.3) is 0 Å². The summed E-state index contributed by atoms with van der Waals surface area (Å²) < 4.78 is 10.6. The van der Waals surface area contributed by atoms with Crippen LogP contribution in [0.4, 0.5) is 0 Å². The van der Waals surface area contributed by atoms with Crippen LogP contribution in [0.15, 0.2) is 16.4 Å². The molecule has 1 aliphatic heterocycles. The van der Waals surface area contributed by atoms with Gasteiger partial charge in [-0.25, -0.2) is 0 Å². The number of aryl methyl sites for hydroxylation is 1. The second-order valence-corrected chi connectivity index (χ2v) is 7.93. The minimum atomic E-state index is 0.970. The van der Waals surface area contributed by atoms with E-state index in [-0.39, 0.29) is 0 Å². The highest BCUT2D eigenvalue weighted by Crippen LogP contribution is 2.40. The van der Waals surface area contributed by atoms with Gasteiger partial charge in [-0.3, -0.25) is 0 Å². The molecule has 112 valence electrons. The largest absolute Gasteiger partial charge is 0.302 e. The molecule has 21 heavy (non-hydrogen) atoms. The van der Waals surface area contributed by atoms with Gasteiger partial charge in [-0.1, -0.05) is 13.0 Å². The number of nitrogens with zero attached hydrogens (tertiary/aromatic N) is 3. The second kappa shape index (κ2) is 6.60. The minimum absolute atomic E-state index is 0.970. The zero-order valence-corrected chi connectivity index (χ0v) is 15.0. The van der Waals surface area contributed by atoms with Crippen LogP contribution in [-0.4, -0.2) is 40.0 Å². The van der Waals surface area contributed by atoms with Gasteiger partial charge in [-0.15, -0.1) is 23.1 Å². The van der Waals surface area contributed by atoms with Gasteiger partial charge in [0.2, 0.25) is 0 Å². The van der Waals surface area contributed by atoms with Crippen molar-refractivity contribution in [2.24, 2.45) is 0 Å². The Morgan fingerprint density at radius 1 is 1.33 bits per heavy atom. The topological polar surface area (TPSA) is 29.0 Å². The van der Waals surface area contributed by atoms with Gasteiger partial charge >= 0.3 is 0 Å². The molecule has 3 rings (SSSR count). The molecule has 3 nitrogen and oxygen atoms in total. The maximum Gasteiger partial charge on any atom is 0.114 e. The van der Waals surface area contributed by atoms with E-state index in [1.54, 1.807) is 0 Å². The molecule has 0 aliphatic carbocycles. The highest BCUT2D eigenvalue weighted by molar-refractivity contribution is 8.00. The lowest BCUT2D eigenvalue weighted by Gasteiger charge is -2.22. The van der Waals surface area contributed by atoms with Gasteiger partial charge in [-0.2, -0.15) is 8.75 Å². The quantitative estimate of drug-likeness (QED) is 0.779. The van der Waals surface area contributed by atoms with Crippen molar-refractivity contribution in [1.29, 1.82) is 0 Å². The molecule has 0 saturated heterocycles. The summed E-state index contributed by atoms with van der Waals surface area (Å²) in [5.41, 5.74) is 4.75. The van der Waals surface area contributed by atoms with Crippen LogP contribution < -0.4 is 0 Å². The average Bonchev–Trinajstić information content (AvgIpc) is 3.13. The molecule has 2 aromatic rings. The van der Waals surface area contributed by atoms with Gasteiger partial charge < -0.3 is 4.90 Å². The van der Waals surface area contributed by atoms with Crippen LogP contribution in [-0.2, 0) is 6.42 Å². The molecule has 6 heteroatoms. The Kier molecular flexibility index (Phi) is 4.78. The summed E-state index contributed by atoms with van der Waals surface area (Å²) in [7, 11) is 2.17. The van der Waals surface area contributed by atoms with Crippen molar-refractivity contribution in [3.05, 3.63) is 22.7 Å². The fraction of sp³-hybridized carbons (Fsp3) is 0.467. The lowest BCUT2D eigenvalue weighted by Crippen LogP contribution is -2.25. The first-order chi connectivity index (χ1) is 10.2. The van der Waals surface area contributed by atoms with E-state index in [0.29, 0.717) is 0 Å². The molecule has 0 unspecified atom stereocenters. The molecular weight excluding hydrogens is 318 g/mol. The summed E-state index contributed by atoms with van der Waals surface area (Å²) in [5.74, 6) is 0. The summed E-state index contributed by atoms with van der Waals surface area (Å²) in [6.45, 7) is 4.31. The van der Waals surface area contributed by atoms with Crippen molar-refractivity contribution >= 4 is 40.4 Å². The van der Waals surface area contributed by atoms with E-state index in [1.807, 2.05) is 23.1 Å². The predicted molar refractivity (Wildman–Crippen MR) is 94.5 cm³/mol. The zero-order valence-electron chi connectivity index (χ0n) is 12.5. The van der Waals surface area contributed by atoms with Crippen molar-refractivity contribution < 1.29 is 0 Å². The van der Waals surface area contributed by atoms with Gasteiger partial charge in [0.15, 0.2) is 0 Å². The standard InChI is InChI=1S/C15H19N3S3/c1-4-11-8-12(15(19-3)20-11)14-13(16-21-17-14)10-6-5-7-18(2)9-10/h6,8H,4-5,7,9H2,1-3H3. The van der Waals surface area contributed by atoms with E-state index in [2.05, 4.69) is 46.0 Å². The first-order valence-electron chi connectivity index (χ1n) is 7.10. The molecule has 2 aromatic heterocycles. The molecule has 0 atom stereocenters. The van der Waals surface area contributed by atoms with E-state index >= 15 is 0 Å². The van der Waals surface area contributed by atoms with Gasteiger partial charge in [-0.05, 0) is 37.8 Å². The van der Waals surface area contributed by atoms with Crippen LogP contribution in [0.25, 0.3) is 16.8 Å². The third-order valence-corrected chi connectivity index (χ3v) is 6.62. The summed E-state index contributed by atoms with van der Waals surface area (Å²) >= 11 is 5.02. The molecule has 0 N–H and O–H groups in total. The van der Waals surface area contributed by atoms with Crippen molar-refractivity contribution in [2.45, 2.75) is 24.0 Å². The Balaban J connectivity index is 2.03. The summed E-state index contributed by atoms with van der Waals surface area (Å²) in [4.78, 5) is 3.77. The van der Waals surface area contributed by atoms with Crippen molar-refractivity contribution in [1.82, 2.24) is 13.6 Å². The minimum Gasteiger partial charge on any atom is -0.302 e. The molecule has 3 heterocycles. The smallest absolute Gasteiger partial charge is 0.114 e. The van der Waals surface area contributed by atoms with Crippen LogP contribution in [0.3, 0.4) is 0 Å². The Bertz CT molecular complexity index is 657.